The van der Waals surface area contributed by atoms with Crippen molar-refractivity contribution in [1.29, 1.82) is 0 Å². The van der Waals surface area contributed by atoms with Crippen molar-refractivity contribution in [2.24, 2.45) is 10.8 Å². The van der Waals surface area contributed by atoms with Crippen molar-refractivity contribution < 1.29 is 19.4 Å². The molecule has 1 unspecified atom stereocenters. The largest absolute Gasteiger partial charge is 0.480 e. The summed E-state index contributed by atoms with van der Waals surface area (Å²) in [6.07, 6.45) is 0.595. The number of hydrogen-bond acceptors (Lipinski definition) is 7. The molecule has 0 spiro atoms. The Labute approximate surface area is 168 Å². The van der Waals surface area contributed by atoms with E-state index in [1.165, 1.54) is 7.11 Å². The van der Waals surface area contributed by atoms with E-state index in [-0.39, 0.29) is 6.42 Å². The van der Waals surface area contributed by atoms with Gasteiger partial charge in [0.05, 0.1) is 18.5 Å². The lowest BCUT2D eigenvalue weighted by molar-refractivity contribution is -0.146. The zero-order valence-electron chi connectivity index (χ0n) is 16.3. The molecule has 0 aliphatic carbocycles. The minimum Gasteiger partial charge on any atom is -0.480 e. The summed E-state index contributed by atoms with van der Waals surface area (Å²) in [7, 11) is 1.35. The van der Waals surface area contributed by atoms with Crippen LogP contribution in [-0.2, 0) is 20.7 Å². The van der Waals surface area contributed by atoms with Gasteiger partial charge in [0.25, 0.3) is 0 Å². The number of anilines is 2. The van der Waals surface area contributed by atoms with Crippen LogP contribution in [0, 0.1) is 0 Å². The van der Waals surface area contributed by atoms with Gasteiger partial charge in [-0.1, -0.05) is 24.3 Å². The summed E-state index contributed by atoms with van der Waals surface area (Å²) in [6.45, 7) is 1.78. The molecule has 1 heterocycles. The summed E-state index contributed by atoms with van der Waals surface area (Å²) in [5, 5.41) is 15.3. The predicted octanol–water partition coefficient (Wildman–Crippen LogP) is 1.77. The van der Waals surface area contributed by atoms with E-state index in [1.54, 1.807) is 36.2 Å². The third kappa shape index (κ3) is 4.07. The minimum atomic E-state index is -1.04. The van der Waals surface area contributed by atoms with E-state index in [2.05, 4.69) is 5.10 Å². The zero-order valence-corrected chi connectivity index (χ0v) is 16.3. The number of carboxylic acid groups (broad SMARTS) is 1. The molecule has 1 aliphatic rings. The number of aliphatic carboxylic acids is 1. The predicted molar refractivity (Wildman–Crippen MR) is 111 cm³/mol. The van der Waals surface area contributed by atoms with Gasteiger partial charge in [-0.25, -0.2) is 9.80 Å². The Kier molecular flexibility index (Phi) is 5.56. The van der Waals surface area contributed by atoms with Gasteiger partial charge < -0.3 is 21.3 Å². The highest BCUT2D eigenvalue weighted by molar-refractivity contribution is 6.08. The number of benzene rings is 2. The van der Waals surface area contributed by atoms with Crippen LogP contribution in [0.25, 0.3) is 0 Å². The van der Waals surface area contributed by atoms with E-state index in [0.29, 0.717) is 12.1 Å². The van der Waals surface area contributed by atoms with Gasteiger partial charge in [-0.05, 0) is 48.7 Å². The first kappa shape index (κ1) is 20.3. The van der Waals surface area contributed by atoms with Crippen molar-refractivity contribution in [3.8, 4) is 0 Å². The van der Waals surface area contributed by atoms with Gasteiger partial charge in [0.2, 0.25) is 0 Å². The minimum absolute atomic E-state index is 0.236. The average Bonchev–Trinajstić information content (AvgIpc) is 3.07. The van der Waals surface area contributed by atoms with Crippen LogP contribution in [0.5, 0.6) is 0 Å². The Hall–Kier alpha value is -3.39. The average molecular weight is 396 g/mol. The Morgan fingerprint density at radius 1 is 1.21 bits per heavy atom. The molecule has 29 heavy (non-hydrogen) atoms. The lowest BCUT2D eigenvalue weighted by Gasteiger charge is -2.31. The number of carbonyl (C=O) groups excluding carboxylic acids is 1. The molecule has 8 heteroatoms. The van der Waals surface area contributed by atoms with Crippen LogP contribution >= 0.6 is 0 Å². The molecule has 0 saturated carbocycles. The molecule has 1 aliphatic heterocycles. The number of ether oxygens (including phenoxy) is 1. The van der Waals surface area contributed by atoms with Crippen LogP contribution in [0.3, 0.4) is 0 Å². The van der Waals surface area contributed by atoms with Gasteiger partial charge in [-0.3, -0.25) is 4.79 Å². The van der Waals surface area contributed by atoms with Crippen LogP contribution in [0.4, 0.5) is 11.4 Å². The number of hydrogen-bond donors (Lipinski definition) is 3. The molecule has 8 nitrogen and oxygen atoms in total. The van der Waals surface area contributed by atoms with Crippen molar-refractivity contribution in [2.45, 2.75) is 31.3 Å². The van der Waals surface area contributed by atoms with Gasteiger partial charge in [0.1, 0.15) is 6.04 Å². The fourth-order valence-electron chi connectivity index (χ4n) is 3.34. The maximum absolute atomic E-state index is 12.6. The van der Waals surface area contributed by atoms with E-state index in [9.17, 15) is 9.59 Å². The second-order valence-corrected chi connectivity index (χ2v) is 7.24. The second-order valence-electron chi connectivity index (χ2n) is 7.24. The number of rotatable bonds is 6. The molecule has 3 rings (SSSR count). The molecule has 0 radical (unpaired) electrons. The summed E-state index contributed by atoms with van der Waals surface area (Å²) in [5.41, 5.74) is 14.1. The number of carbonyl (C=O) groups is 2. The maximum atomic E-state index is 12.6. The summed E-state index contributed by atoms with van der Waals surface area (Å²) in [4.78, 5) is 23.5. The van der Waals surface area contributed by atoms with Gasteiger partial charge in [0.15, 0.2) is 5.54 Å². The Bertz CT molecular complexity index is 940. The third-order valence-electron chi connectivity index (χ3n) is 5.02. The summed E-state index contributed by atoms with van der Waals surface area (Å²) in [6, 6.07) is 13.5. The zero-order chi connectivity index (χ0) is 21.2. The van der Waals surface area contributed by atoms with Crippen molar-refractivity contribution in [2.75, 3.05) is 17.9 Å². The second kappa shape index (κ2) is 7.92. The Morgan fingerprint density at radius 3 is 2.38 bits per heavy atom. The van der Waals surface area contributed by atoms with Crippen LogP contribution in [0.2, 0.25) is 0 Å². The van der Waals surface area contributed by atoms with Crippen molar-refractivity contribution in [3.63, 3.8) is 0 Å². The summed E-state index contributed by atoms with van der Waals surface area (Å²) < 4.78 is 5.03. The smallest absolute Gasteiger partial charge is 0.333 e. The summed E-state index contributed by atoms with van der Waals surface area (Å²) >= 11 is 0. The number of methoxy groups -OCH3 is 1. The van der Waals surface area contributed by atoms with Gasteiger partial charge in [-0.2, -0.15) is 5.10 Å². The molecule has 5 N–H and O–H groups in total. The van der Waals surface area contributed by atoms with Crippen molar-refractivity contribution >= 4 is 29.0 Å². The molecule has 2 aromatic carbocycles. The number of carboxylic acids is 1. The van der Waals surface area contributed by atoms with Gasteiger partial charge in [0, 0.05) is 12.1 Å². The molecule has 152 valence electrons. The molecule has 2 aromatic rings. The number of nitrogens with zero attached hydrogens (tertiary/aromatic N) is 2. The molecule has 0 fully saturated rings. The lowest BCUT2D eigenvalue weighted by atomic mass is 9.92. The molecule has 0 aromatic heterocycles. The first-order valence-corrected chi connectivity index (χ1v) is 9.14. The first-order valence-electron chi connectivity index (χ1n) is 9.14. The van der Waals surface area contributed by atoms with Crippen molar-refractivity contribution in [1.82, 2.24) is 0 Å². The Balaban J connectivity index is 1.91. The number of nitrogen functional groups attached to an aromatic ring is 1. The fourth-order valence-corrected chi connectivity index (χ4v) is 3.34. The highest BCUT2D eigenvalue weighted by Gasteiger charge is 2.47. The van der Waals surface area contributed by atoms with E-state index >= 15 is 0 Å². The van der Waals surface area contributed by atoms with Crippen LogP contribution in [0.15, 0.2) is 53.6 Å². The van der Waals surface area contributed by atoms with E-state index in [0.717, 1.165) is 22.5 Å². The topological polar surface area (TPSA) is 131 Å². The molecule has 0 bridgehead atoms. The normalized spacial score (nSPS) is 19.6. The standard InChI is InChI=1S/C21H24N4O4/c1-21(20(28)29-2)12-18(24-25(21)16-9-7-15(22)8-10-16)14-5-3-13(4-6-14)11-17(23)19(26)27/h3-10,17H,11-12,22-23H2,1-2H3,(H,26,27)/t17-,21?/m0/s1. The van der Waals surface area contributed by atoms with E-state index in [4.69, 9.17) is 21.3 Å². The van der Waals surface area contributed by atoms with Crippen LogP contribution in [-0.4, -0.2) is 41.4 Å². The quantitative estimate of drug-likeness (QED) is 0.501. The fraction of sp³-hybridized carbons (Fsp3) is 0.286. The molecular formula is C21H24N4O4. The molecule has 0 amide bonds. The van der Waals surface area contributed by atoms with E-state index < -0.39 is 23.5 Å². The molecule has 2 atom stereocenters. The third-order valence-corrected chi connectivity index (χ3v) is 5.02. The Morgan fingerprint density at radius 2 is 1.83 bits per heavy atom. The van der Waals surface area contributed by atoms with Crippen molar-refractivity contribution in [3.05, 3.63) is 59.7 Å². The van der Waals surface area contributed by atoms with Crippen LogP contribution in [0.1, 0.15) is 24.5 Å². The highest BCUT2D eigenvalue weighted by Crippen LogP contribution is 2.36. The number of esters is 1. The highest BCUT2D eigenvalue weighted by atomic mass is 16.5. The van der Waals surface area contributed by atoms with Gasteiger partial charge >= 0.3 is 11.9 Å². The molecular weight excluding hydrogens is 372 g/mol. The lowest BCUT2D eigenvalue weighted by Crippen LogP contribution is -2.48. The number of hydrazone groups is 1. The SMILES string of the molecule is COC(=O)C1(C)CC(c2ccc(C[C@H](N)C(=O)O)cc2)=NN1c1ccc(N)cc1. The van der Waals surface area contributed by atoms with E-state index in [1.807, 2.05) is 24.3 Å². The first-order chi connectivity index (χ1) is 13.7. The monoisotopic (exact) mass is 396 g/mol. The maximum Gasteiger partial charge on any atom is 0.333 e. The number of nitrogens with two attached hydrogens (primary N) is 2. The van der Waals surface area contributed by atoms with Gasteiger partial charge in [-0.15, -0.1) is 0 Å². The summed E-state index contributed by atoms with van der Waals surface area (Å²) in [5.74, 6) is -1.43. The van der Waals surface area contributed by atoms with Crippen LogP contribution < -0.4 is 16.5 Å². The molecule has 0 saturated heterocycles.